The second-order valence-electron chi connectivity index (χ2n) is 10.1. The van der Waals surface area contributed by atoms with Crippen molar-refractivity contribution in [2.45, 2.75) is 59.4 Å². The van der Waals surface area contributed by atoms with E-state index in [2.05, 4.69) is 5.32 Å². The van der Waals surface area contributed by atoms with Crippen LogP contribution >= 0.6 is 23.2 Å². The fourth-order valence-electron chi connectivity index (χ4n) is 4.64. The van der Waals surface area contributed by atoms with Crippen LogP contribution in [0.4, 0.5) is 0 Å². The van der Waals surface area contributed by atoms with E-state index in [0.29, 0.717) is 22.9 Å². The molecule has 2 aromatic carbocycles. The SMILES string of the molecule is CC(C)C[C@H](CC(=O)Cn1c2cc(Cl)ccc2c2ccc(Cl)cc21)C(=O)N[C@@H](CC(C)C)B(O)O. The second-order valence-corrected chi connectivity index (χ2v) is 11.0. The summed E-state index contributed by atoms with van der Waals surface area (Å²) in [6.45, 7) is 7.95. The average Bonchev–Trinajstić information content (AvgIpc) is 3.03. The second kappa shape index (κ2) is 11.8. The first kappa shape index (κ1) is 27.5. The molecule has 0 fully saturated rings. The minimum Gasteiger partial charge on any atom is -0.426 e. The van der Waals surface area contributed by atoms with Crippen molar-refractivity contribution in [3.8, 4) is 0 Å². The number of halogens is 2. The standard InChI is InChI=1S/C26H33BCl2N2O4/c1-15(2)9-17(26(33)30-25(27(34)35)10-16(3)4)11-20(32)14-31-23-12-18(28)5-7-21(23)22-8-6-19(29)13-24(22)31/h5-8,12-13,15-17,25,34-35H,9-11,14H2,1-4H3,(H,30,33)/t17-,25+/m1/s1. The van der Waals surface area contributed by atoms with Crippen LogP contribution < -0.4 is 5.32 Å². The van der Waals surface area contributed by atoms with E-state index in [4.69, 9.17) is 23.2 Å². The number of rotatable bonds is 11. The van der Waals surface area contributed by atoms with Gasteiger partial charge in [-0.15, -0.1) is 0 Å². The summed E-state index contributed by atoms with van der Waals surface area (Å²) in [7, 11) is -1.66. The fourth-order valence-corrected chi connectivity index (χ4v) is 4.98. The van der Waals surface area contributed by atoms with E-state index >= 15 is 0 Å². The number of nitrogens with zero attached hydrogens (tertiary/aromatic N) is 1. The Bertz CT molecular complexity index is 1150. The van der Waals surface area contributed by atoms with Crippen LogP contribution in [0.1, 0.15) is 47.0 Å². The van der Waals surface area contributed by atoms with Crippen LogP contribution in [0.15, 0.2) is 36.4 Å². The van der Waals surface area contributed by atoms with Crippen molar-refractivity contribution >= 4 is 63.8 Å². The zero-order valence-electron chi connectivity index (χ0n) is 20.6. The maximum atomic E-state index is 13.3. The summed E-state index contributed by atoms with van der Waals surface area (Å²) in [5.41, 5.74) is 1.65. The number of carbonyl (C=O) groups is 2. The highest BCUT2D eigenvalue weighted by Crippen LogP contribution is 2.33. The van der Waals surface area contributed by atoms with Gasteiger partial charge in [-0.05, 0) is 48.9 Å². The lowest BCUT2D eigenvalue weighted by Gasteiger charge is -2.24. The highest BCUT2D eigenvalue weighted by molar-refractivity contribution is 6.43. The van der Waals surface area contributed by atoms with Crippen molar-refractivity contribution in [3.05, 3.63) is 46.4 Å². The van der Waals surface area contributed by atoms with Crippen LogP contribution in [0, 0.1) is 17.8 Å². The van der Waals surface area contributed by atoms with Crippen LogP contribution in [0.2, 0.25) is 10.0 Å². The van der Waals surface area contributed by atoms with Gasteiger partial charge in [-0.2, -0.15) is 0 Å². The number of benzene rings is 2. The van der Waals surface area contributed by atoms with E-state index in [-0.39, 0.29) is 36.5 Å². The zero-order valence-corrected chi connectivity index (χ0v) is 22.1. The van der Waals surface area contributed by atoms with E-state index in [1.165, 1.54) is 0 Å². The van der Waals surface area contributed by atoms with Gasteiger partial charge in [0, 0.05) is 33.2 Å². The summed E-state index contributed by atoms with van der Waals surface area (Å²) in [5, 5.41) is 25.3. The normalized spacial score (nSPS) is 13.5. The summed E-state index contributed by atoms with van der Waals surface area (Å²) in [6, 6.07) is 11.1. The maximum Gasteiger partial charge on any atom is 0.475 e. The number of ketones is 1. The van der Waals surface area contributed by atoms with E-state index in [1.807, 2.05) is 68.7 Å². The third kappa shape index (κ3) is 7.01. The molecule has 3 rings (SSSR count). The molecule has 0 aliphatic carbocycles. The molecule has 1 amide bonds. The molecule has 0 saturated heterocycles. The van der Waals surface area contributed by atoms with Gasteiger partial charge in [0.15, 0.2) is 5.78 Å². The highest BCUT2D eigenvalue weighted by atomic mass is 35.5. The molecular weight excluding hydrogens is 486 g/mol. The molecule has 0 aliphatic heterocycles. The Kier molecular flexibility index (Phi) is 9.27. The van der Waals surface area contributed by atoms with Gasteiger partial charge in [0.05, 0.1) is 23.5 Å². The lowest BCUT2D eigenvalue weighted by Crippen LogP contribution is -2.49. The van der Waals surface area contributed by atoms with Gasteiger partial charge in [-0.25, -0.2) is 0 Å². The zero-order chi connectivity index (χ0) is 25.9. The summed E-state index contributed by atoms with van der Waals surface area (Å²) in [6.07, 6.45) is 0.981. The van der Waals surface area contributed by atoms with E-state index in [9.17, 15) is 19.6 Å². The van der Waals surface area contributed by atoms with Gasteiger partial charge in [-0.1, -0.05) is 63.0 Å². The Labute approximate surface area is 216 Å². The van der Waals surface area contributed by atoms with Crippen molar-refractivity contribution in [2.24, 2.45) is 17.8 Å². The first-order valence-corrected chi connectivity index (χ1v) is 12.8. The quantitative estimate of drug-likeness (QED) is 0.302. The molecular formula is C26H33BCl2N2O4. The van der Waals surface area contributed by atoms with Gasteiger partial charge in [-0.3, -0.25) is 9.59 Å². The maximum absolute atomic E-state index is 13.3. The van der Waals surface area contributed by atoms with Gasteiger partial charge < -0.3 is 19.9 Å². The molecule has 2 atom stereocenters. The number of hydrogen-bond donors (Lipinski definition) is 3. The van der Waals surface area contributed by atoms with E-state index < -0.39 is 19.0 Å². The van der Waals surface area contributed by atoms with Crippen molar-refractivity contribution in [3.63, 3.8) is 0 Å². The van der Waals surface area contributed by atoms with Gasteiger partial charge in [0.25, 0.3) is 0 Å². The molecule has 0 radical (unpaired) electrons. The third-order valence-corrected chi connectivity index (χ3v) is 6.61. The van der Waals surface area contributed by atoms with Crippen molar-refractivity contribution in [1.29, 1.82) is 0 Å². The first-order chi connectivity index (χ1) is 16.5. The van der Waals surface area contributed by atoms with Crippen LogP contribution in [-0.2, 0) is 16.1 Å². The van der Waals surface area contributed by atoms with Gasteiger partial charge in [0.1, 0.15) is 0 Å². The number of aromatic nitrogens is 1. The molecule has 1 aromatic heterocycles. The summed E-state index contributed by atoms with van der Waals surface area (Å²) >= 11 is 12.5. The number of nitrogens with one attached hydrogen (secondary N) is 1. The Balaban J connectivity index is 1.86. The molecule has 0 spiro atoms. The van der Waals surface area contributed by atoms with Crippen molar-refractivity contribution < 1.29 is 19.6 Å². The lowest BCUT2D eigenvalue weighted by molar-refractivity contribution is -0.130. The van der Waals surface area contributed by atoms with Crippen LogP contribution in [0.25, 0.3) is 21.8 Å². The number of amides is 1. The molecule has 0 aliphatic rings. The molecule has 0 bridgehead atoms. The highest BCUT2D eigenvalue weighted by Gasteiger charge is 2.30. The topological polar surface area (TPSA) is 91.6 Å². The smallest absolute Gasteiger partial charge is 0.426 e. The predicted molar refractivity (Wildman–Crippen MR) is 144 cm³/mol. The first-order valence-electron chi connectivity index (χ1n) is 12.0. The fraction of sp³-hybridized carbons (Fsp3) is 0.462. The summed E-state index contributed by atoms with van der Waals surface area (Å²) < 4.78 is 1.90. The van der Waals surface area contributed by atoms with Gasteiger partial charge >= 0.3 is 7.12 Å². The lowest BCUT2D eigenvalue weighted by atomic mass is 9.74. The molecule has 6 nitrogen and oxygen atoms in total. The Morgan fingerprint density at radius 2 is 1.43 bits per heavy atom. The number of hydrogen-bond acceptors (Lipinski definition) is 4. The molecule has 3 N–H and O–H groups in total. The molecule has 35 heavy (non-hydrogen) atoms. The van der Waals surface area contributed by atoms with E-state index in [1.54, 1.807) is 0 Å². The molecule has 3 aromatic rings. The number of fused-ring (bicyclic) bond motifs is 3. The minimum absolute atomic E-state index is 0.0439. The van der Waals surface area contributed by atoms with Crippen LogP contribution in [0.5, 0.6) is 0 Å². The Morgan fingerprint density at radius 3 is 1.89 bits per heavy atom. The molecule has 188 valence electrons. The molecule has 0 saturated carbocycles. The monoisotopic (exact) mass is 518 g/mol. The molecule has 1 heterocycles. The third-order valence-electron chi connectivity index (χ3n) is 6.14. The molecule has 0 unspecified atom stereocenters. The summed E-state index contributed by atoms with van der Waals surface area (Å²) in [5.74, 6) is -1.44. The number of Topliss-reactive ketones (excluding diaryl/α,β-unsaturated/α-hetero) is 1. The Morgan fingerprint density at radius 1 is 0.914 bits per heavy atom. The van der Waals surface area contributed by atoms with Gasteiger partial charge in [0.2, 0.25) is 5.91 Å². The average molecular weight is 519 g/mol. The van der Waals surface area contributed by atoms with Crippen molar-refractivity contribution in [1.82, 2.24) is 9.88 Å². The summed E-state index contributed by atoms with van der Waals surface area (Å²) in [4.78, 5) is 26.4. The number of carbonyl (C=O) groups excluding carboxylic acids is 2. The molecule has 9 heteroatoms. The predicted octanol–water partition coefficient (Wildman–Crippen LogP) is 5.27. The van der Waals surface area contributed by atoms with Crippen LogP contribution in [-0.4, -0.2) is 39.4 Å². The Hall–Kier alpha value is -2.06. The van der Waals surface area contributed by atoms with Crippen molar-refractivity contribution in [2.75, 3.05) is 0 Å². The minimum atomic E-state index is -1.66. The van der Waals surface area contributed by atoms with E-state index in [0.717, 1.165) is 21.8 Å². The van der Waals surface area contributed by atoms with Crippen LogP contribution in [0.3, 0.4) is 0 Å². The largest absolute Gasteiger partial charge is 0.475 e.